The molecule has 5 aliphatic carbocycles. The molecule has 0 heterocycles. The third kappa shape index (κ3) is 3.73. The van der Waals surface area contributed by atoms with Crippen molar-refractivity contribution in [2.24, 2.45) is 50.7 Å². The van der Waals surface area contributed by atoms with Gasteiger partial charge in [-0.25, -0.2) is 4.79 Å². The fourth-order valence-corrected chi connectivity index (χ4v) is 12.5. The lowest BCUT2D eigenvalue weighted by Crippen LogP contribution is -2.65. The van der Waals surface area contributed by atoms with Gasteiger partial charge in [-0.2, -0.15) is 0 Å². The van der Waals surface area contributed by atoms with Crippen molar-refractivity contribution in [3.8, 4) is 0 Å². The van der Waals surface area contributed by atoms with Crippen LogP contribution >= 0.6 is 0 Å². The summed E-state index contributed by atoms with van der Waals surface area (Å²) in [7, 11) is 4.59. The summed E-state index contributed by atoms with van der Waals surface area (Å²) in [5.41, 5.74) is 4.86. The summed E-state index contributed by atoms with van der Waals surface area (Å²) in [6.45, 7) is 14.4. The summed E-state index contributed by atoms with van der Waals surface area (Å²) in [6.07, 6.45) is 16.5. The summed E-state index contributed by atoms with van der Waals surface area (Å²) >= 11 is 0. The van der Waals surface area contributed by atoms with Gasteiger partial charge in [-0.15, -0.1) is 0 Å². The van der Waals surface area contributed by atoms with Gasteiger partial charge in [0.25, 0.3) is 0 Å². The lowest BCUT2D eigenvalue weighted by molar-refractivity contribution is -0.223. The Kier molecular flexibility index (Phi) is 6.32. The Bertz CT molecular complexity index is 1160. The molecule has 0 bridgehead atoms. The second-order valence-corrected chi connectivity index (χ2v) is 16.2. The minimum Gasteiger partial charge on any atom is -0.478 e. The summed E-state index contributed by atoms with van der Waals surface area (Å²) in [5.74, 6) is 2.40. The van der Waals surface area contributed by atoms with Gasteiger partial charge in [-0.3, -0.25) is 0 Å². The molecule has 5 aliphatic rings. The molecule has 0 amide bonds. The lowest BCUT2D eigenvalue weighted by Gasteiger charge is -2.72. The Morgan fingerprint density at radius 3 is 2.23 bits per heavy atom. The molecule has 214 valence electrons. The monoisotopic (exact) mass is 531 g/mol. The normalized spacial score (nSPS) is 44.6. The molecular formula is C36H53NO2. The maximum absolute atomic E-state index is 11.4. The number of hydrogen-bond acceptors (Lipinski definition) is 2. The molecule has 6 unspecified atom stereocenters. The van der Waals surface area contributed by atoms with E-state index < -0.39 is 5.97 Å². The van der Waals surface area contributed by atoms with E-state index in [0.29, 0.717) is 33.1 Å². The van der Waals surface area contributed by atoms with Gasteiger partial charge in [0.05, 0.1) is 5.56 Å². The van der Waals surface area contributed by atoms with Crippen molar-refractivity contribution < 1.29 is 9.90 Å². The fourth-order valence-electron chi connectivity index (χ4n) is 12.5. The Labute approximate surface area is 237 Å². The first-order valence-electron chi connectivity index (χ1n) is 16.0. The van der Waals surface area contributed by atoms with Gasteiger partial charge in [0.2, 0.25) is 0 Å². The number of carboxylic acids is 1. The number of carboxylic acid groups (broad SMARTS) is 1. The van der Waals surface area contributed by atoms with E-state index in [2.05, 4.69) is 59.7 Å². The predicted octanol–water partition coefficient (Wildman–Crippen LogP) is 8.80. The van der Waals surface area contributed by atoms with Crippen LogP contribution in [-0.4, -0.2) is 36.6 Å². The standard InChI is InChI=1S/C36H53NO2/c1-32(2)26(24-10-12-25(13-11-24)31(38)39)16-19-33(3)29(32)17-20-35(5)30(33)15-14-27-28-9-8-18-36(28,23-37(6)7)22-21-34(27,35)4/h10-13,16,27-30H,8-9,14-15,17-23H2,1-7H3,(H,38,39)/t27?,28?,29?,30?,33?,34-,35?,36-/m1/s1. The Balaban J connectivity index is 1.33. The van der Waals surface area contributed by atoms with E-state index in [1.54, 1.807) is 12.1 Å². The maximum Gasteiger partial charge on any atom is 0.335 e. The maximum atomic E-state index is 11.4. The van der Waals surface area contributed by atoms with Crippen LogP contribution in [0, 0.1) is 50.7 Å². The average Bonchev–Trinajstić information content (AvgIpc) is 3.27. The third-order valence-electron chi connectivity index (χ3n) is 14.2. The highest BCUT2D eigenvalue weighted by molar-refractivity contribution is 5.88. The smallest absolute Gasteiger partial charge is 0.335 e. The van der Waals surface area contributed by atoms with Gasteiger partial charge in [0, 0.05) is 6.54 Å². The van der Waals surface area contributed by atoms with Crippen LogP contribution in [-0.2, 0) is 0 Å². The Hall–Kier alpha value is -1.61. The molecule has 0 spiro atoms. The molecule has 1 N–H and O–H groups in total. The highest BCUT2D eigenvalue weighted by Gasteiger charge is 2.69. The largest absolute Gasteiger partial charge is 0.478 e. The number of hydrogen-bond donors (Lipinski definition) is 1. The Morgan fingerprint density at radius 2 is 1.56 bits per heavy atom. The molecular weight excluding hydrogens is 478 g/mol. The van der Waals surface area contributed by atoms with E-state index in [1.807, 2.05) is 12.1 Å². The minimum absolute atomic E-state index is 0.0791. The number of nitrogens with zero attached hydrogens (tertiary/aromatic N) is 1. The number of fused-ring (bicyclic) bond motifs is 7. The molecule has 4 fully saturated rings. The van der Waals surface area contributed by atoms with Gasteiger partial charge in [-0.1, -0.05) is 59.2 Å². The van der Waals surface area contributed by atoms with Crippen molar-refractivity contribution in [2.75, 3.05) is 20.6 Å². The molecule has 4 saturated carbocycles. The SMILES string of the molecule is CN(C)C[C@]12CCCC1C1CCC3C4(C)CC=C(c5ccc(C(=O)O)cc5)C(C)(C)C4CCC3(C)[C@]1(C)CC2. The van der Waals surface area contributed by atoms with E-state index >= 15 is 0 Å². The first-order chi connectivity index (χ1) is 18.3. The van der Waals surface area contributed by atoms with Gasteiger partial charge in [0.15, 0.2) is 0 Å². The van der Waals surface area contributed by atoms with Crippen LogP contribution in [0.3, 0.4) is 0 Å². The summed E-state index contributed by atoms with van der Waals surface area (Å²) < 4.78 is 0. The van der Waals surface area contributed by atoms with Crippen molar-refractivity contribution in [1.82, 2.24) is 4.90 Å². The number of benzene rings is 1. The second-order valence-electron chi connectivity index (χ2n) is 16.2. The minimum atomic E-state index is -0.846. The van der Waals surface area contributed by atoms with E-state index in [4.69, 9.17) is 0 Å². The predicted molar refractivity (Wildman–Crippen MR) is 161 cm³/mol. The van der Waals surface area contributed by atoms with Gasteiger partial charge in [0.1, 0.15) is 0 Å². The van der Waals surface area contributed by atoms with Crippen LogP contribution in [0.15, 0.2) is 30.3 Å². The van der Waals surface area contributed by atoms with E-state index in [0.717, 1.165) is 24.2 Å². The molecule has 6 rings (SSSR count). The summed E-state index contributed by atoms with van der Waals surface area (Å²) in [6, 6.07) is 7.65. The number of allylic oxidation sites excluding steroid dienone is 2. The van der Waals surface area contributed by atoms with Crippen LogP contribution in [0.1, 0.15) is 115 Å². The quantitative estimate of drug-likeness (QED) is 0.422. The molecule has 0 aliphatic heterocycles. The Morgan fingerprint density at radius 1 is 0.846 bits per heavy atom. The van der Waals surface area contributed by atoms with E-state index in [1.165, 1.54) is 75.5 Å². The topological polar surface area (TPSA) is 40.5 Å². The molecule has 3 nitrogen and oxygen atoms in total. The van der Waals surface area contributed by atoms with Crippen molar-refractivity contribution in [3.63, 3.8) is 0 Å². The lowest BCUT2D eigenvalue weighted by atomic mass is 9.32. The van der Waals surface area contributed by atoms with Crippen LogP contribution < -0.4 is 0 Å². The van der Waals surface area contributed by atoms with Crippen LogP contribution in [0.2, 0.25) is 0 Å². The van der Waals surface area contributed by atoms with E-state index in [9.17, 15) is 9.90 Å². The van der Waals surface area contributed by atoms with Crippen molar-refractivity contribution in [2.45, 2.75) is 98.8 Å². The average molecular weight is 532 g/mol. The first kappa shape index (κ1) is 27.6. The van der Waals surface area contributed by atoms with Gasteiger partial charge >= 0.3 is 5.97 Å². The zero-order chi connectivity index (χ0) is 28.0. The number of rotatable bonds is 4. The third-order valence-corrected chi connectivity index (χ3v) is 14.2. The molecule has 0 saturated heterocycles. The molecule has 1 aromatic carbocycles. The van der Waals surface area contributed by atoms with Crippen molar-refractivity contribution >= 4 is 11.5 Å². The zero-order valence-electron chi connectivity index (χ0n) is 25.8. The highest BCUT2D eigenvalue weighted by atomic mass is 16.4. The highest BCUT2D eigenvalue weighted by Crippen LogP contribution is 2.77. The number of carbonyl (C=O) groups is 1. The molecule has 3 heteroatoms. The summed E-state index contributed by atoms with van der Waals surface area (Å²) in [4.78, 5) is 13.9. The van der Waals surface area contributed by atoms with Crippen LogP contribution in [0.4, 0.5) is 0 Å². The van der Waals surface area contributed by atoms with Gasteiger partial charge < -0.3 is 10.0 Å². The van der Waals surface area contributed by atoms with E-state index in [-0.39, 0.29) is 5.41 Å². The molecule has 0 aromatic heterocycles. The molecule has 1 aromatic rings. The fraction of sp³-hybridized carbons (Fsp3) is 0.750. The van der Waals surface area contributed by atoms with Gasteiger partial charge in [-0.05, 0) is 146 Å². The molecule has 0 radical (unpaired) electrons. The second kappa shape index (κ2) is 8.94. The van der Waals surface area contributed by atoms with Crippen LogP contribution in [0.5, 0.6) is 0 Å². The first-order valence-corrected chi connectivity index (χ1v) is 16.0. The summed E-state index contributed by atoms with van der Waals surface area (Å²) in [5, 5.41) is 9.40. The van der Waals surface area contributed by atoms with Crippen molar-refractivity contribution in [3.05, 3.63) is 41.5 Å². The number of aromatic carboxylic acids is 1. The van der Waals surface area contributed by atoms with Crippen molar-refractivity contribution in [1.29, 1.82) is 0 Å². The zero-order valence-corrected chi connectivity index (χ0v) is 25.8. The molecule has 8 atom stereocenters. The molecule has 39 heavy (non-hydrogen) atoms. The van der Waals surface area contributed by atoms with Crippen LogP contribution in [0.25, 0.3) is 5.57 Å².